The third-order valence-electron chi connectivity index (χ3n) is 2.29. The van der Waals surface area contributed by atoms with Crippen molar-refractivity contribution in [2.45, 2.75) is 13.5 Å². The van der Waals surface area contributed by atoms with Crippen LogP contribution in [0.4, 0.5) is 5.69 Å². The van der Waals surface area contributed by atoms with Crippen LogP contribution in [0.15, 0.2) is 28.7 Å². The van der Waals surface area contributed by atoms with E-state index in [4.69, 9.17) is 23.2 Å². The van der Waals surface area contributed by atoms with Crippen molar-refractivity contribution in [3.05, 3.63) is 48.5 Å². The van der Waals surface area contributed by atoms with Gasteiger partial charge in [0, 0.05) is 26.5 Å². The van der Waals surface area contributed by atoms with E-state index < -0.39 is 0 Å². The number of hydrogen-bond donors (Lipinski definition) is 1. The molecule has 0 bridgehead atoms. The van der Waals surface area contributed by atoms with E-state index in [9.17, 15) is 0 Å². The zero-order valence-corrected chi connectivity index (χ0v) is 13.0. The molecule has 0 fully saturated rings. The van der Waals surface area contributed by atoms with Crippen LogP contribution in [-0.2, 0) is 6.54 Å². The number of aryl methyl sites for hydroxylation is 1. The lowest BCUT2D eigenvalue weighted by atomic mass is 10.3. The van der Waals surface area contributed by atoms with Gasteiger partial charge in [-0.3, -0.25) is 0 Å². The quantitative estimate of drug-likeness (QED) is 0.744. The summed E-state index contributed by atoms with van der Waals surface area (Å²) in [5.41, 5.74) is 0.974. The maximum atomic E-state index is 5.95. The maximum Gasteiger partial charge on any atom is 0.0612 e. The topological polar surface area (TPSA) is 12.0 Å². The van der Waals surface area contributed by atoms with Crippen LogP contribution in [0.2, 0.25) is 10.0 Å². The molecule has 0 aliphatic rings. The first kappa shape index (κ1) is 13.2. The Morgan fingerprint density at radius 3 is 2.59 bits per heavy atom. The van der Waals surface area contributed by atoms with Gasteiger partial charge >= 0.3 is 0 Å². The largest absolute Gasteiger partial charge is 0.380 e. The lowest BCUT2D eigenvalue weighted by molar-refractivity contribution is 1.19. The second-order valence-electron chi connectivity index (χ2n) is 3.60. The van der Waals surface area contributed by atoms with Crippen LogP contribution in [0, 0.1) is 6.92 Å². The van der Waals surface area contributed by atoms with Crippen molar-refractivity contribution in [3.8, 4) is 0 Å². The van der Waals surface area contributed by atoms with Crippen molar-refractivity contribution in [1.29, 1.82) is 0 Å². The summed E-state index contributed by atoms with van der Waals surface area (Å²) in [7, 11) is 0. The average molecular weight is 351 g/mol. The fraction of sp³-hybridized carbons (Fsp3) is 0.167. The first-order valence-corrected chi connectivity index (χ1v) is 7.36. The number of rotatable bonds is 3. The third kappa shape index (κ3) is 3.38. The second kappa shape index (κ2) is 5.61. The van der Waals surface area contributed by atoms with Gasteiger partial charge in [-0.1, -0.05) is 23.2 Å². The summed E-state index contributed by atoms with van der Waals surface area (Å²) in [6.45, 7) is 2.88. The summed E-state index contributed by atoms with van der Waals surface area (Å²) in [5.74, 6) is 0. The van der Waals surface area contributed by atoms with Gasteiger partial charge in [0.25, 0.3) is 0 Å². The number of halogens is 3. The number of benzene rings is 1. The molecule has 1 heterocycles. The Morgan fingerprint density at radius 2 is 2.00 bits per heavy atom. The molecule has 1 nitrogen and oxygen atoms in total. The molecule has 17 heavy (non-hydrogen) atoms. The van der Waals surface area contributed by atoms with Gasteiger partial charge in [0.15, 0.2) is 0 Å². The minimum Gasteiger partial charge on any atom is -0.380 e. The second-order valence-corrected chi connectivity index (χ2v) is 6.61. The highest BCUT2D eigenvalue weighted by Gasteiger charge is 2.03. The molecular weight excluding hydrogens is 341 g/mol. The molecule has 0 saturated carbocycles. The lowest BCUT2D eigenvalue weighted by Crippen LogP contribution is -1.96. The summed E-state index contributed by atoms with van der Waals surface area (Å²) < 4.78 is 1.16. The Kier molecular flexibility index (Phi) is 4.36. The van der Waals surface area contributed by atoms with Crippen molar-refractivity contribution in [1.82, 2.24) is 0 Å². The summed E-state index contributed by atoms with van der Waals surface area (Å²) >= 11 is 17.1. The van der Waals surface area contributed by atoms with Gasteiger partial charge in [0.2, 0.25) is 0 Å². The zero-order chi connectivity index (χ0) is 12.4. The van der Waals surface area contributed by atoms with Gasteiger partial charge in [-0.2, -0.15) is 0 Å². The predicted molar refractivity (Wildman–Crippen MR) is 80.5 cm³/mol. The molecule has 0 aliphatic heterocycles. The van der Waals surface area contributed by atoms with Crippen LogP contribution in [-0.4, -0.2) is 0 Å². The SMILES string of the molecule is Cc1sc(CNc2ccc(Cl)c(Cl)c2)cc1Br. The number of thiophene rings is 1. The lowest BCUT2D eigenvalue weighted by Gasteiger charge is -2.05. The molecule has 0 unspecified atom stereocenters. The number of anilines is 1. The van der Waals surface area contributed by atoms with Crippen LogP contribution in [0.3, 0.4) is 0 Å². The highest BCUT2D eigenvalue weighted by molar-refractivity contribution is 9.10. The molecule has 0 saturated heterocycles. The summed E-state index contributed by atoms with van der Waals surface area (Å²) in [5, 5.41) is 4.46. The van der Waals surface area contributed by atoms with Crippen molar-refractivity contribution in [2.75, 3.05) is 5.32 Å². The van der Waals surface area contributed by atoms with Crippen molar-refractivity contribution < 1.29 is 0 Å². The molecule has 0 radical (unpaired) electrons. The smallest absolute Gasteiger partial charge is 0.0612 e. The first-order valence-electron chi connectivity index (χ1n) is 5.00. The van der Waals surface area contributed by atoms with Gasteiger partial charge in [-0.25, -0.2) is 0 Å². The van der Waals surface area contributed by atoms with Gasteiger partial charge in [-0.15, -0.1) is 11.3 Å². The molecule has 5 heteroatoms. The molecule has 0 aliphatic carbocycles. The van der Waals surface area contributed by atoms with Crippen molar-refractivity contribution in [3.63, 3.8) is 0 Å². The summed E-state index contributed by atoms with van der Waals surface area (Å²) in [6, 6.07) is 7.68. The Labute approximate surface area is 123 Å². The molecule has 0 spiro atoms. The fourth-order valence-corrected chi connectivity index (χ4v) is 3.24. The molecular formula is C12H10BrCl2NS. The number of nitrogens with one attached hydrogen (secondary N) is 1. The highest BCUT2D eigenvalue weighted by atomic mass is 79.9. The summed E-state index contributed by atoms with van der Waals surface area (Å²) in [6.07, 6.45) is 0. The van der Waals surface area contributed by atoms with E-state index in [2.05, 4.69) is 34.2 Å². The maximum absolute atomic E-state index is 5.95. The predicted octanol–water partition coefficient (Wildman–Crippen LogP) is 5.74. The molecule has 0 amide bonds. The van der Waals surface area contributed by atoms with Crippen molar-refractivity contribution in [2.24, 2.45) is 0 Å². The summed E-state index contributed by atoms with van der Waals surface area (Å²) in [4.78, 5) is 2.57. The number of hydrogen-bond acceptors (Lipinski definition) is 2. The molecule has 2 rings (SSSR count). The fourth-order valence-electron chi connectivity index (χ4n) is 1.40. The highest BCUT2D eigenvalue weighted by Crippen LogP contribution is 2.28. The van der Waals surface area contributed by atoms with Gasteiger partial charge < -0.3 is 5.32 Å². The van der Waals surface area contributed by atoms with Gasteiger partial charge in [-0.05, 0) is 47.1 Å². The zero-order valence-electron chi connectivity index (χ0n) is 9.06. The van der Waals surface area contributed by atoms with E-state index in [0.717, 1.165) is 16.7 Å². The van der Waals surface area contributed by atoms with E-state index in [1.165, 1.54) is 9.75 Å². The third-order valence-corrected chi connectivity index (χ3v) is 5.17. The van der Waals surface area contributed by atoms with E-state index in [0.29, 0.717) is 10.0 Å². The van der Waals surface area contributed by atoms with Crippen LogP contribution < -0.4 is 5.32 Å². The molecule has 0 atom stereocenters. The van der Waals surface area contributed by atoms with Gasteiger partial charge in [0.05, 0.1) is 10.0 Å². The van der Waals surface area contributed by atoms with E-state index in [-0.39, 0.29) is 0 Å². The minimum atomic E-state index is 0.570. The Morgan fingerprint density at radius 1 is 1.24 bits per heavy atom. The normalized spacial score (nSPS) is 10.6. The van der Waals surface area contributed by atoms with Gasteiger partial charge in [0.1, 0.15) is 0 Å². The standard InChI is InChI=1S/C12H10BrCl2NS/c1-7-10(13)5-9(17-7)6-16-8-2-3-11(14)12(15)4-8/h2-5,16H,6H2,1H3. The van der Waals surface area contributed by atoms with E-state index in [1.54, 1.807) is 17.4 Å². The molecule has 1 aromatic heterocycles. The van der Waals surface area contributed by atoms with Crippen LogP contribution >= 0.6 is 50.5 Å². The molecule has 1 aromatic carbocycles. The Bertz CT molecular complexity index is 520. The molecule has 90 valence electrons. The van der Waals surface area contributed by atoms with Crippen LogP contribution in [0.1, 0.15) is 9.75 Å². The van der Waals surface area contributed by atoms with Crippen molar-refractivity contribution >= 4 is 56.2 Å². The molecule has 2 aromatic rings. The first-order chi connectivity index (χ1) is 8.06. The Hall–Kier alpha value is -0.220. The monoisotopic (exact) mass is 349 g/mol. The van der Waals surface area contributed by atoms with Crippen LogP contribution in [0.5, 0.6) is 0 Å². The van der Waals surface area contributed by atoms with Crippen LogP contribution in [0.25, 0.3) is 0 Å². The minimum absolute atomic E-state index is 0.570. The average Bonchev–Trinajstić information content (AvgIpc) is 2.60. The van der Waals surface area contributed by atoms with E-state index >= 15 is 0 Å². The van der Waals surface area contributed by atoms with E-state index in [1.807, 2.05) is 12.1 Å². The Balaban J connectivity index is 2.04. The molecule has 1 N–H and O–H groups in total.